The van der Waals surface area contributed by atoms with Gasteiger partial charge >= 0.3 is 0 Å². The number of rotatable bonds is 5. The molecule has 0 N–H and O–H groups in total. The second kappa shape index (κ2) is 7.85. The van der Waals surface area contributed by atoms with Gasteiger partial charge in [0.1, 0.15) is 6.61 Å². The maximum Gasteiger partial charge on any atom is 0.293 e. The molecule has 1 aliphatic rings. The number of amides is 2. The van der Waals surface area contributed by atoms with Crippen LogP contribution >= 0.6 is 23.4 Å². The summed E-state index contributed by atoms with van der Waals surface area (Å²) >= 11 is 7.05. The number of hydrogen-bond donors (Lipinski definition) is 0. The number of methoxy groups -OCH3 is 1. The van der Waals surface area contributed by atoms with Crippen molar-refractivity contribution in [1.82, 2.24) is 4.90 Å². The first-order valence-corrected chi connectivity index (χ1v) is 8.95. The summed E-state index contributed by atoms with van der Waals surface area (Å²) in [6, 6.07) is 12.8. The van der Waals surface area contributed by atoms with E-state index in [0.717, 1.165) is 27.8 Å². The molecule has 7 heteroatoms. The van der Waals surface area contributed by atoms with Crippen molar-refractivity contribution in [2.75, 3.05) is 14.2 Å². The van der Waals surface area contributed by atoms with E-state index in [9.17, 15) is 9.59 Å². The van der Waals surface area contributed by atoms with Crippen molar-refractivity contribution < 1.29 is 19.1 Å². The lowest BCUT2D eigenvalue weighted by molar-refractivity contribution is -0.121. The van der Waals surface area contributed by atoms with Gasteiger partial charge < -0.3 is 9.47 Å². The summed E-state index contributed by atoms with van der Waals surface area (Å²) in [5.74, 6) is 0.785. The molecule has 134 valence electrons. The summed E-state index contributed by atoms with van der Waals surface area (Å²) < 4.78 is 11.2. The molecule has 3 rings (SSSR count). The Morgan fingerprint density at radius 1 is 1.15 bits per heavy atom. The van der Waals surface area contributed by atoms with Crippen molar-refractivity contribution in [2.24, 2.45) is 0 Å². The highest BCUT2D eigenvalue weighted by atomic mass is 35.5. The summed E-state index contributed by atoms with van der Waals surface area (Å²) in [6.45, 7) is 0.310. The molecule has 0 unspecified atom stereocenters. The maximum absolute atomic E-state index is 12.0. The number of nitrogens with zero attached hydrogens (tertiary/aromatic N) is 1. The quantitative estimate of drug-likeness (QED) is 0.700. The zero-order valence-electron chi connectivity index (χ0n) is 14.2. The largest absolute Gasteiger partial charge is 0.493 e. The molecule has 0 radical (unpaired) electrons. The van der Waals surface area contributed by atoms with E-state index in [1.54, 1.807) is 37.5 Å². The molecule has 0 aliphatic carbocycles. The van der Waals surface area contributed by atoms with Gasteiger partial charge in [-0.2, -0.15) is 0 Å². The molecular weight excluding hydrogens is 374 g/mol. The number of imide groups is 1. The van der Waals surface area contributed by atoms with E-state index in [2.05, 4.69) is 0 Å². The Morgan fingerprint density at radius 3 is 2.58 bits per heavy atom. The third-order valence-electron chi connectivity index (χ3n) is 3.81. The number of carbonyl (C=O) groups excluding carboxylic acids is 2. The Kier molecular flexibility index (Phi) is 5.54. The number of halogens is 1. The normalized spacial score (nSPS) is 15.7. The molecule has 1 aliphatic heterocycles. The van der Waals surface area contributed by atoms with E-state index in [1.807, 2.05) is 18.2 Å². The minimum Gasteiger partial charge on any atom is -0.493 e. The molecule has 2 aromatic carbocycles. The Bertz CT molecular complexity index is 897. The Morgan fingerprint density at radius 2 is 1.92 bits per heavy atom. The third-order valence-corrected chi connectivity index (χ3v) is 5.14. The highest BCUT2D eigenvalue weighted by Crippen LogP contribution is 2.34. The minimum absolute atomic E-state index is 0.284. The SMILES string of the molecule is COc1cc(/C=C2\SC(=O)N(C)C2=O)ccc1OCc1ccccc1Cl. The zero-order valence-corrected chi connectivity index (χ0v) is 15.8. The number of benzene rings is 2. The Labute approximate surface area is 160 Å². The summed E-state index contributed by atoms with van der Waals surface area (Å²) in [7, 11) is 3.01. The van der Waals surface area contributed by atoms with Crippen LogP contribution in [0.4, 0.5) is 4.79 Å². The first-order valence-electron chi connectivity index (χ1n) is 7.75. The van der Waals surface area contributed by atoms with Crippen molar-refractivity contribution in [3.8, 4) is 11.5 Å². The van der Waals surface area contributed by atoms with Crippen molar-refractivity contribution >= 4 is 40.6 Å². The summed E-state index contributed by atoms with van der Waals surface area (Å²) in [5.41, 5.74) is 1.61. The molecule has 0 bridgehead atoms. The predicted octanol–water partition coefficient (Wildman–Crippen LogP) is 4.59. The van der Waals surface area contributed by atoms with E-state index in [1.165, 1.54) is 7.05 Å². The molecule has 26 heavy (non-hydrogen) atoms. The number of ether oxygens (including phenoxy) is 2. The molecule has 0 spiro atoms. The summed E-state index contributed by atoms with van der Waals surface area (Å²) in [4.78, 5) is 25.0. The first-order chi connectivity index (χ1) is 12.5. The number of likely N-dealkylation sites (N-methyl/N-ethyl adjacent to an activating group) is 1. The number of thioether (sulfide) groups is 1. The van der Waals surface area contributed by atoms with Gasteiger partial charge in [-0.1, -0.05) is 35.9 Å². The molecule has 0 saturated carbocycles. The lowest BCUT2D eigenvalue weighted by Crippen LogP contribution is -2.22. The van der Waals surface area contributed by atoms with Crippen LogP contribution in [0.2, 0.25) is 5.02 Å². The van der Waals surface area contributed by atoms with Gasteiger partial charge in [-0.15, -0.1) is 0 Å². The van der Waals surface area contributed by atoms with Crippen LogP contribution in [0.3, 0.4) is 0 Å². The summed E-state index contributed by atoms with van der Waals surface area (Å²) in [5, 5.41) is 0.353. The van der Waals surface area contributed by atoms with Crippen LogP contribution in [0.25, 0.3) is 6.08 Å². The van der Waals surface area contributed by atoms with Crippen LogP contribution in [0.1, 0.15) is 11.1 Å². The topological polar surface area (TPSA) is 55.8 Å². The molecule has 1 fully saturated rings. The fourth-order valence-electron chi connectivity index (χ4n) is 2.36. The third kappa shape index (κ3) is 3.86. The maximum atomic E-state index is 12.0. The predicted molar refractivity (Wildman–Crippen MR) is 103 cm³/mol. The molecule has 1 saturated heterocycles. The first kappa shape index (κ1) is 18.4. The van der Waals surface area contributed by atoms with Gasteiger partial charge in [-0.25, -0.2) is 0 Å². The average Bonchev–Trinajstić information content (AvgIpc) is 2.88. The molecular formula is C19H16ClNO4S. The van der Waals surface area contributed by atoms with E-state index >= 15 is 0 Å². The Hall–Kier alpha value is -2.44. The van der Waals surface area contributed by atoms with Crippen LogP contribution in [0.15, 0.2) is 47.4 Å². The zero-order chi connectivity index (χ0) is 18.7. The standard InChI is InChI=1S/C19H16ClNO4S/c1-21-18(22)17(26-19(21)23)10-12-7-8-15(16(9-12)24-2)25-11-13-5-3-4-6-14(13)20/h3-10H,11H2,1-2H3/b17-10-. The van der Waals surface area contributed by atoms with Crippen LogP contribution in [-0.2, 0) is 11.4 Å². The van der Waals surface area contributed by atoms with Gasteiger partial charge in [-0.05, 0) is 41.6 Å². The minimum atomic E-state index is -0.307. The van der Waals surface area contributed by atoms with Crippen LogP contribution in [0, 0.1) is 0 Å². The van der Waals surface area contributed by atoms with Gasteiger partial charge in [0.2, 0.25) is 0 Å². The van der Waals surface area contributed by atoms with E-state index in [0.29, 0.717) is 28.0 Å². The molecule has 5 nitrogen and oxygen atoms in total. The molecule has 2 aromatic rings. The van der Waals surface area contributed by atoms with Gasteiger partial charge in [0.25, 0.3) is 11.1 Å². The second-order valence-electron chi connectivity index (χ2n) is 5.53. The van der Waals surface area contributed by atoms with E-state index < -0.39 is 0 Å². The molecule has 0 atom stereocenters. The smallest absolute Gasteiger partial charge is 0.293 e. The summed E-state index contributed by atoms with van der Waals surface area (Å²) in [6.07, 6.45) is 1.66. The highest BCUT2D eigenvalue weighted by Gasteiger charge is 2.31. The highest BCUT2D eigenvalue weighted by molar-refractivity contribution is 8.18. The van der Waals surface area contributed by atoms with Crippen molar-refractivity contribution in [1.29, 1.82) is 0 Å². The van der Waals surface area contributed by atoms with Gasteiger partial charge in [0.05, 0.1) is 12.0 Å². The lowest BCUT2D eigenvalue weighted by Gasteiger charge is -2.12. The molecule has 0 aromatic heterocycles. The Balaban J connectivity index is 1.79. The van der Waals surface area contributed by atoms with Crippen molar-refractivity contribution in [3.05, 3.63) is 63.5 Å². The van der Waals surface area contributed by atoms with Crippen LogP contribution in [-0.4, -0.2) is 30.2 Å². The molecule has 1 heterocycles. The van der Waals surface area contributed by atoms with Crippen molar-refractivity contribution in [2.45, 2.75) is 6.61 Å². The lowest BCUT2D eigenvalue weighted by atomic mass is 10.2. The van der Waals surface area contributed by atoms with Gasteiger partial charge in [-0.3, -0.25) is 14.5 Å². The monoisotopic (exact) mass is 389 g/mol. The average molecular weight is 390 g/mol. The second-order valence-corrected chi connectivity index (χ2v) is 6.93. The fourth-order valence-corrected chi connectivity index (χ4v) is 3.38. The fraction of sp³-hybridized carbons (Fsp3) is 0.158. The van der Waals surface area contributed by atoms with E-state index in [-0.39, 0.29) is 11.1 Å². The van der Waals surface area contributed by atoms with Crippen LogP contribution < -0.4 is 9.47 Å². The van der Waals surface area contributed by atoms with E-state index in [4.69, 9.17) is 21.1 Å². The van der Waals surface area contributed by atoms with Gasteiger partial charge in [0, 0.05) is 17.6 Å². The van der Waals surface area contributed by atoms with Crippen LogP contribution in [0.5, 0.6) is 11.5 Å². The van der Waals surface area contributed by atoms with Gasteiger partial charge in [0.15, 0.2) is 11.5 Å². The molecule has 2 amide bonds. The number of hydrogen-bond acceptors (Lipinski definition) is 5. The number of carbonyl (C=O) groups is 2. The van der Waals surface area contributed by atoms with Crippen molar-refractivity contribution in [3.63, 3.8) is 0 Å².